The van der Waals surface area contributed by atoms with Crippen LogP contribution in [0.25, 0.3) is 0 Å². The highest BCUT2D eigenvalue weighted by Crippen LogP contribution is 2.26. The summed E-state index contributed by atoms with van der Waals surface area (Å²) in [4.78, 5) is 22.2. The van der Waals surface area contributed by atoms with Crippen molar-refractivity contribution in [3.8, 4) is 5.75 Å². The molecule has 7 heteroatoms. The second-order valence-electron chi connectivity index (χ2n) is 4.34. The Bertz CT molecular complexity index is 701. The minimum atomic E-state index is -0.491. The van der Waals surface area contributed by atoms with Crippen LogP contribution >= 0.6 is 15.9 Å². The molecule has 2 aromatic rings. The van der Waals surface area contributed by atoms with E-state index in [2.05, 4.69) is 21.2 Å². The molecule has 0 spiro atoms. The third-order valence-corrected chi connectivity index (χ3v) is 3.45. The molecule has 1 amide bonds. The van der Waals surface area contributed by atoms with E-state index >= 15 is 0 Å². The lowest BCUT2D eigenvalue weighted by Gasteiger charge is -2.08. The molecule has 22 heavy (non-hydrogen) atoms. The molecule has 0 aliphatic carbocycles. The van der Waals surface area contributed by atoms with E-state index in [0.29, 0.717) is 28.1 Å². The molecule has 6 nitrogen and oxygen atoms in total. The number of nitrogens with zero attached hydrogens (tertiary/aromatic N) is 1. The van der Waals surface area contributed by atoms with E-state index < -0.39 is 4.92 Å². The number of non-ortho nitro benzene ring substituents is 1. The number of benzene rings is 2. The Balaban J connectivity index is 2.11. The van der Waals surface area contributed by atoms with Gasteiger partial charge in [0.05, 0.1) is 16.0 Å². The molecule has 2 aromatic carbocycles. The van der Waals surface area contributed by atoms with Gasteiger partial charge in [-0.1, -0.05) is 0 Å². The molecule has 0 unspecified atom stereocenters. The Labute approximate surface area is 135 Å². The minimum absolute atomic E-state index is 0.0261. The van der Waals surface area contributed by atoms with Crippen LogP contribution in [0.15, 0.2) is 46.9 Å². The Kier molecular flexibility index (Phi) is 5.11. The van der Waals surface area contributed by atoms with Crippen LogP contribution < -0.4 is 10.1 Å². The number of anilines is 1. The molecule has 0 radical (unpaired) electrons. The SMILES string of the molecule is CCOc1ccc(C(=O)Nc2ccc([N+](=O)[O-])cc2)cc1Br. The van der Waals surface area contributed by atoms with Crippen LogP contribution in [0.1, 0.15) is 17.3 Å². The fourth-order valence-electron chi connectivity index (χ4n) is 1.78. The van der Waals surface area contributed by atoms with E-state index in [0.717, 1.165) is 0 Å². The molecule has 2 rings (SSSR count). The number of halogens is 1. The van der Waals surface area contributed by atoms with Crippen molar-refractivity contribution in [1.29, 1.82) is 0 Å². The summed E-state index contributed by atoms with van der Waals surface area (Å²) in [6.07, 6.45) is 0. The molecule has 0 aliphatic rings. The number of hydrogen-bond donors (Lipinski definition) is 1. The van der Waals surface area contributed by atoms with Gasteiger partial charge < -0.3 is 10.1 Å². The summed E-state index contributed by atoms with van der Waals surface area (Å²) in [6, 6.07) is 10.7. The summed E-state index contributed by atoms with van der Waals surface area (Å²) < 4.78 is 6.07. The Morgan fingerprint density at radius 2 is 1.95 bits per heavy atom. The van der Waals surface area contributed by atoms with Gasteiger partial charge in [-0.05, 0) is 53.2 Å². The first-order valence-corrected chi connectivity index (χ1v) is 7.28. The Hall–Kier alpha value is -2.41. The summed E-state index contributed by atoms with van der Waals surface area (Å²) in [5.74, 6) is 0.354. The minimum Gasteiger partial charge on any atom is -0.493 e. The molecule has 0 fully saturated rings. The van der Waals surface area contributed by atoms with Crippen molar-refractivity contribution in [3.05, 3.63) is 62.6 Å². The zero-order valence-electron chi connectivity index (χ0n) is 11.7. The summed E-state index contributed by atoms with van der Waals surface area (Å²) >= 11 is 3.35. The van der Waals surface area contributed by atoms with Crippen LogP contribution in [0, 0.1) is 10.1 Å². The lowest BCUT2D eigenvalue weighted by Crippen LogP contribution is -2.12. The van der Waals surface area contributed by atoms with E-state index in [9.17, 15) is 14.9 Å². The van der Waals surface area contributed by atoms with Gasteiger partial charge in [0.1, 0.15) is 5.75 Å². The number of nitrogens with one attached hydrogen (secondary N) is 1. The molecule has 0 saturated carbocycles. The van der Waals surface area contributed by atoms with Crippen LogP contribution in [0.4, 0.5) is 11.4 Å². The quantitative estimate of drug-likeness (QED) is 0.641. The van der Waals surface area contributed by atoms with Gasteiger partial charge in [0, 0.05) is 23.4 Å². The fourth-order valence-corrected chi connectivity index (χ4v) is 2.28. The average Bonchev–Trinajstić information content (AvgIpc) is 2.50. The average molecular weight is 365 g/mol. The third-order valence-electron chi connectivity index (χ3n) is 2.83. The summed E-state index contributed by atoms with van der Waals surface area (Å²) in [5.41, 5.74) is 0.913. The number of nitro groups is 1. The number of carbonyl (C=O) groups excluding carboxylic acids is 1. The molecular weight excluding hydrogens is 352 g/mol. The number of hydrogen-bond acceptors (Lipinski definition) is 4. The van der Waals surface area contributed by atoms with Crippen molar-refractivity contribution in [2.75, 3.05) is 11.9 Å². The van der Waals surface area contributed by atoms with Crippen molar-refractivity contribution in [2.45, 2.75) is 6.92 Å². The van der Waals surface area contributed by atoms with Gasteiger partial charge >= 0.3 is 0 Å². The fraction of sp³-hybridized carbons (Fsp3) is 0.133. The number of amides is 1. The Morgan fingerprint density at radius 1 is 1.27 bits per heavy atom. The molecule has 0 aromatic heterocycles. The predicted octanol–water partition coefficient (Wildman–Crippen LogP) is 4.01. The topological polar surface area (TPSA) is 81.5 Å². The first-order valence-electron chi connectivity index (χ1n) is 6.49. The normalized spacial score (nSPS) is 10.1. The molecule has 0 bridgehead atoms. The number of carbonyl (C=O) groups is 1. The lowest BCUT2D eigenvalue weighted by molar-refractivity contribution is -0.384. The van der Waals surface area contributed by atoms with Crippen LogP contribution in [-0.4, -0.2) is 17.4 Å². The van der Waals surface area contributed by atoms with Crippen molar-refractivity contribution >= 4 is 33.2 Å². The predicted molar refractivity (Wildman–Crippen MR) is 86.4 cm³/mol. The lowest BCUT2D eigenvalue weighted by atomic mass is 10.2. The summed E-state index contributed by atoms with van der Waals surface area (Å²) in [6.45, 7) is 2.41. The van der Waals surface area contributed by atoms with Gasteiger partial charge in [-0.15, -0.1) is 0 Å². The van der Waals surface area contributed by atoms with Gasteiger partial charge in [0.2, 0.25) is 0 Å². The highest BCUT2D eigenvalue weighted by atomic mass is 79.9. The first-order chi connectivity index (χ1) is 10.5. The molecule has 0 atom stereocenters. The summed E-state index contributed by atoms with van der Waals surface area (Å²) in [5, 5.41) is 13.3. The van der Waals surface area contributed by atoms with Crippen molar-refractivity contribution in [1.82, 2.24) is 0 Å². The van der Waals surface area contributed by atoms with E-state index in [1.165, 1.54) is 24.3 Å². The molecule has 0 heterocycles. The van der Waals surface area contributed by atoms with Crippen molar-refractivity contribution in [2.24, 2.45) is 0 Å². The molecule has 0 saturated heterocycles. The summed E-state index contributed by atoms with van der Waals surface area (Å²) in [7, 11) is 0. The van der Waals surface area contributed by atoms with Crippen molar-refractivity contribution < 1.29 is 14.5 Å². The van der Waals surface area contributed by atoms with E-state index in [1.807, 2.05) is 6.92 Å². The standard InChI is InChI=1S/C15H13BrN2O4/c1-2-22-14-8-3-10(9-13(14)16)15(19)17-11-4-6-12(7-5-11)18(20)21/h3-9H,2H2,1H3,(H,17,19). The molecule has 1 N–H and O–H groups in total. The molecular formula is C15H13BrN2O4. The van der Waals surface area contributed by atoms with Crippen LogP contribution in [0.5, 0.6) is 5.75 Å². The van der Waals surface area contributed by atoms with Crippen LogP contribution in [0.3, 0.4) is 0 Å². The first kappa shape index (κ1) is 16.0. The zero-order chi connectivity index (χ0) is 16.1. The molecule has 0 aliphatic heterocycles. The number of rotatable bonds is 5. The van der Waals surface area contributed by atoms with Crippen molar-refractivity contribution in [3.63, 3.8) is 0 Å². The largest absolute Gasteiger partial charge is 0.493 e. The van der Waals surface area contributed by atoms with Gasteiger partial charge in [0.15, 0.2) is 0 Å². The van der Waals surface area contributed by atoms with E-state index in [1.54, 1.807) is 18.2 Å². The highest BCUT2D eigenvalue weighted by Gasteiger charge is 2.10. The number of nitro benzene ring substituents is 1. The smallest absolute Gasteiger partial charge is 0.269 e. The van der Waals surface area contributed by atoms with Gasteiger partial charge in [0.25, 0.3) is 11.6 Å². The number of ether oxygens (including phenoxy) is 1. The monoisotopic (exact) mass is 364 g/mol. The highest BCUT2D eigenvalue weighted by molar-refractivity contribution is 9.10. The van der Waals surface area contributed by atoms with E-state index in [-0.39, 0.29) is 11.6 Å². The maximum atomic E-state index is 12.1. The Morgan fingerprint density at radius 3 is 2.50 bits per heavy atom. The van der Waals surface area contributed by atoms with Gasteiger partial charge in [-0.2, -0.15) is 0 Å². The van der Waals surface area contributed by atoms with Gasteiger partial charge in [-0.3, -0.25) is 14.9 Å². The van der Waals surface area contributed by atoms with Gasteiger partial charge in [-0.25, -0.2) is 0 Å². The second-order valence-corrected chi connectivity index (χ2v) is 5.19. The zero-order valence-corrected chi connectivity index (χ0v) is 13.3. The van der Waals surface area contributed by atoms with Crippen LogP contribution in [0.2, 0.25) is 0 Å². The third kappa shape index (κ3) is 3.82. The maximum Gasteiger partial charge on any atom is 0.269 e. The molecule has 114 valence electrons. The maximum absolute atomic E-state index is 12.1. The second kappa shape index (κ2) is 7.04. The van der Waals surface area contributed by atoms with Crippen LogP contribution in [-0.2, 0) is 0 Å². The van der Waals surface area contributed by atoms with E-state index in [4.69, 9.17) is 4.74 Å².